The van der Waals surface area contributed by atoms with Crippen LogP contribution >= 0.6 is 12.4 Å². The lowest BCUT2D eigenvalue weighted by Gasteiger charge is -2.07. The Morgan fingerprint density at radius 3 is 2.65 bits per heavy atom. The minimum Gasteiger partial charge on any atom is -0.352 e. The highest BCUT2D eigenvalue weighted by Gasteiger charge is 2.06. The SMILES string of the molecule is CC(N)CCNC(=O)c1ccc(-n2cnnn2)cc1.Cl. The van der Waals surface area contributed by atoms with Crippen LogP contribution in [0.1, 0.15) is 23.7 Å². The molecule has 0 bridgehead atoms. The number of aromatic nitrogens is 4. The second-order valence-corrected chi connectivity index (χ2v) is 4.32. The van der Waals surface area contributed by atoms with Crippen LogP contribution in [-0.4, -0.2) is 38.7 Å². The predicted octanol–water partition coefficient (Wildman–Crippen LogP) is 0.551. The van der Waals surface area contributed by atoms with Crippen LogP contribution in [0, 0.1) is 0 Å². The number of rotatable bonds is 5. The van der Waals surface area contributed by atoms with Gasteiger partial charge in [-0.25, -0.2) is 4.68 Å². The van der Waals surface area contributed by atoms with E-state index in [2.05, 4.69) is 20.8 Å². The van der Waals surface area contributed by atoms with Crippen molar-refractivity contribution in [3.8, 4) is 5.69 Å². The summed E-state index contributed by atoms with van der Waals surface area (Å²) < 4.78 is 1.53. The van der Waals surface area contributed by atoms with Gasteiger partial charge in [0, 0.05) is 18.2 Å². The van der Waals surface area contributed by atoms with Gasteiger partial charge in [-0.3, -0.25) is 4.79 Å². The maximum absolute atomic E-state index is 11.8. The zero-order valence-corrected chi connectivity index (χ0v) is 11.9. The van der Waals surface area contributed by atoms with Gasteiger partial charge in [0.1, 0.15) is 6.33 Å². The Kier molecular flexibility index (Phi) is 6.08. The van der Waals surface area contributed by atoms with Gasteiger partial charge in [0.25, 0.3) is 5.91 Å². The topological polar surface area (TPSA) is 98.7 Å². The number of hydrogen-bond donors (Lipinski definition) is 2. The first-order chi connectivity index (χ1) is 9.16. The molecule has 0 aliphatic carbocycles. The van der Waals surface area contributed by atoms with Gasteiger partial charge in [0.15, 0.2) is 0 Å². The van der Waals surface area contributed by atoms with E-state index in [1.54, 1.807) is 24.3 Å². The molecule has 0 radical (unpaired) electrons. The molecule has 7 nitrogen and oxygen atoms in total. The maximum Gasteiger partial charge on any atom is 0.251 e. The molecular weight excluding hydrogens is 280 g/mol. The first-order valence-corrected chi connectivity index (χ1v) is 6.04. The summed E-state index contributed by atoms with van der Waals surface area (Å²) in [5.74, 6) is -0.107. The number of hydrogen-bond acceptors (Lipinski definition) is 5. The van der Waals surface area contributed by atoms with Crippen molar-refractivity contribution >= 4 is 18.3 Å². The highest BCUT2D eigenvalue weighted by molar-refractivity contribution is 5.94. The average Bonchev–Trinajstić information content (AvgIpc) is 2.92. The quantitative estimate of drug-likeness (QED) is 0.839. The zero-order valence-electron chi connectivity index (χ0n) is 11.1. The molecule has 1 unspecified atom stereocenters. The molecule has 1 aromatic carbocycles. The molecule has 1 aromatic heterocycles. The van der Waals surface area contributed by atoms with Crippen molar-refractivity contribution in [2.24, 2.45) is 5.73 Å². The van der Waals surface area contributed by atoms with Crippen molar-refractivity contribution in [1.82, 2.24) is 25.5 Å². The third-order valence-electron chi connectivity index (χ3n) is 2.63. The number of amides is 1. The van der Waals surface area contributed by atoms with E-state index in [9.17, 15) is 4.79 Å². The van der Waals surface area contributed by atoms with E-state index in [0.29, 0.717) is 12.1 Å². The van der Waals surface area contributed by atoms with Crippen LogP contribution in [0.4, 0.5) is 0 Å². The first kappa shape index (κ1) is 16.1. The van der Waals surface area contributed by atoms with Crippen molar-refractivity contribution < 1.29 is 4.79 Å². The summed E-state index contributed by atoms with van der Waals surface area (Å²) in [7, 11) is 0. The molecule has 1 amide bonds. The smallest absolute Gasteiger partial charge is 0.251 e. The summed E-state index contributed by atoms with van der Waals surface area (Å²) in [5.41, 5.74) is 7.02. The standard InChI is InChI=1S/C12H16N6O.ClH/c1-9(13)6-7-14-12(19)10-2-4-11(5-3-10)18-8-15-16-17-18;/h2-5,8-9H,6-7,13H2,1H3,(H,14,19);1H. The van der Waals surface area contributed by atoms with E-state index in [1.165, 1.54) is 11.0 Å². The highest BCUT2D eigenvalue weighted by atomic mass is 35.5. The summed E-state index contributed by atoms with van der Waals surface area (Å²) in [4.78, 5) is 11.8. The molecule has 0 spiro atoms. The Morgan fingerprint density at radius 2 is 2.10 bits per heavy atom. The van der Waals surface area contributed by atoms with E-state index in [0.717, 1.165) is 12.1 Å². The molecule has 0 saturated carbocycles. The largest absolute Gasteiger partial charge is 0.352 e. The molecule has 0 fully saturated rings. The average molecular weight is 297 g/mol. The monoisotopic (exact) mass is 296 g/mol. The molecule has 1 heterocycles. The second kappa shape index (κ2) is 7.56. The molecule has 3 N–H and O–H groups in total. The Hall–Kier alpha value is -1.99. The van der Waals surface area contributed by atoms with Crippen molar-refractivity contribution in [3.05, 3.63) is 36.2 Å². The number of halogens is 1. The van der Waals surface area contributed by atoms with E-state index in [1.807, 2.05) is 6.92 Å². The van der Waals surface area contributed by atoms with Crippen LogP contribution in [0.2, 0.25) is 0 Å². The summed E-state index contributed by atoms with van der Waals surface area (Å²) >= 11 is 0. The van der Waals surface area contributed by atoms with Crippen LogP contribution in [0.25, 0.3) is 5.69 Å². The molecule has 8 heteroatoms. The second-order valence-electron chi connectivity index (χ2n) is 4.32. The fourth-order valence-electron chi connectivity index (χ4n) is 1.56. The van der Waals surface area contributed by atoms with Crippen molar-refractivity contribution in [2.75, 3.05) is 6.54 Å². The van der Waals surface area contributed by atoms with Gasteiger partial charge >= 0.3 is 0 Å². The molecule has 2 aromatic rings. The molecular formula is C12H17ClN6O. The van der Waals surface area contributed by atoms with Gasteiger partial charge in [0.2, 0.25) is 0 Å². The van der Waals surface area contributed by atoms with Gasteiger partial charge in [-0.05, 0) is 48.0 Å². The molecule has 2 rings (SSSR count). The number of benzene rings is 1. The minimum absolute atomic E-state index is 0. The number of nitrogens with two attached hydrogens (primary N) is 1. The normalized spacial score (nSPS) is 11.5. The fraction of sp³-hybridized carbons (Fsp3) is 0.333. The molecule has 1 atom stereocenters. The van der Waals surface area contributed by atoms with Crippen LogP contribution in [0.3, 0.4) is 0 Å². The van der Waals surface area contributed by atoms with Crippen LogP contribution < -0.4 is 11.1 Å². The maximum atomic E-state index is 11.8. The number of carbonyl (C=O) groups is 1. The van der Waals surface area contributed by atoms with Crippen molar-refractivity contribution in [3.63, 3.8) is 0 Å². The summed E-state index contributed by atoms with van der Waals surface area (Å²) in [6.07, 6.45) is 2.26. The van der Waals surface area contributed by atoms with E-state index in [4.69, 9.17) is 5.73 Å². The molecule has 0 aliphatic rings. The number of carbonyl (C=O) groups excluding carboxylic acids is 1. The molecule has 108 valence electrons. The predicted molar refractivity (Wildman–Crippen MR) is 77.0 cm³/mol. The lowest BCUT2D eigenvalue weighted by Crippen LogP contribution is -2.28. The van der Waals surface area contributed by atoms with Gasteiger partial charge in [-0.15, -0.1) is 17.5 Å². The Labute approximate surface area is 123 Å². The van der Waals surface area contributed by atoms with Gasteiger partial charge in [-0.1, -0.05) is 0 Å². The van der Waals surface area contributed by atoms with Crippen LogP contribution in [0.15, 0.2) is 30.6 Å². The van der Waals surface area contributed by atoms with E-state index >= 15 is 0 Å². The third-order valence-corrected chi connectivity index (χ3v) is 2.63. The van der Waals surface area contributed by atoms with Crippen molar-refractivity contribution in [1.29, 1.82) is 0 Å². The van der Waals surface area contributed by atoms with Gasteiger partial charge in [0.05, 0.1) is 5.69 Å². The van der Waals surface area contributed by atoms with Crippen molar-refractivity contribution in [2.45, 2.75) is 19.4 Å². The van der Waals surface area contributed by atoms with E-state index < -0.39 is 0 Å². The van der Waals surface area contributed by atoms with Crippen LogP contribution in [-0.2, 0) is 0 Å². The molecule has 0 aliphatic heterocycles. The van der Waals surface area contributed by atoms with E-state index in [-0.39, 0.29) is 24.4 Å². The summed E-state index contributed by atoms with van der Waals surface area (Å²) in [5, 5.41) is 13.7. The van der Waals surface area contributed by atoms with Crippen LogP contribution in [0.5, 0.6) is 0 Å². The zero-order chi connectivity index (χ0) is 13.7. The molecule has 0 saturated heterocycles. The number of nitrogens with zero attached hydrogens (tertiary/aromatic N) is 4. The van der Waals surface area contributed by atoms with Gasteiger partial charge < -0.3 is 11.1 Å². The first-order valence-electron chi connectivity index (χ1n) is 6.04. The highest BCUT2D eigenvalue weighted by Crippen LogP contribution is 2.07. The molecule has 20 heavy (non-hydrogen) atoms. The number of tetrazole rings is 1. The number of nitrogens with one attached hydrogen (secondary N) is 1. The Balaban J connectivity index is 0.00000200. The fourth-order valence-corrected chi connectivity index (χ4v) is 1.56. The Morgan fingerprint density at radius 1 is 1.40 bits per heavy atom. The van der Waals surface area contributed by atoms with Gasteiger partial charge in [-0.2, -0.15) is 0 Å². The minimum atomic E-state index is -0.107. The third kappa shape index (κ3) is 4.29. The Bertz CT molecular complexity index is 525. The lowest BCUT2D eigenvalue weighted by molar-refractivity contribution is 0.0953. The summed E-state index contributed by atoms with van der Waals surface area (Å²) in [6, 6.07) is 7.13. The summed E-state index contributed by atoms with van der Waals surface area (Å²) in [6.45, 7) is 2.48. The lowest BCUT2D eigenvalue weighted by atomic mass is 10.2.